The Bertz CT molecular complexity index is 237. The van der Waals surface area contributed by atoms with Gasteiger partial charge in [0.05, 0.1) is 6.10 Å². The summed E-state index contributed by atoms with van der Waals surface area (Å²) in [6.07, 6.45) is 6.47. The van der Waals surface area contributed by atoms with Crippen LogP contribution < -0.4 is 0 Å². The zero-order valence-electron chi connectivity index (χ0n) is 8.33. The van der Waals surface area contributed by atoms with Crippen molar-refractivity contribution < 1.29 is 14.3 Å². The van der Waals surface area contributed by atoms with Crippen molar-refractivity contribution in [3.63, 3.8) is 0 Å². The molecule has 0 N–H and O–H groups in total. The molecule has 1 aliphatic carbocycles. The molecule has 14 heavy (non-hydrogen) atoms. The topological polar surface area (TPSA) is 35.5 Å². The Balaban J connectivity index is 2.01. The van der Waals surface area contributed by atoms with Crippen LogP contribution in [0.4, 0.5) is 0 Å². The minimum absolute atomic E-state index is 0.125. The van der Waals surface area contributed by atoms with Crippen molar-refractivity contribution in [2.24, 2.45) is 0 Å². The highest BCUT2D eigenvalue weighted by Gasteiger charge is 2.49. The smallest absolute Gasteiger partial charge is 0.330 e. The third-order valence-corrected chi connectivity index (χ3v) is 3.19. The molecule has 3 nitrogen and oxygen atoms in total. The van der Waals surface area contributed by atoms with Gasteiger partial charge in [0.15, 0.2) is 0 Å². The lowest BCUT2D eigenvalue weighted by Gasteiger charge is -2.44. The molecule has 0 amide bonds. The second-order valence-corrected chi connectivity index (χ2v) is 4.05. The normalized spacial score (nSPS) is 29.3. The van der Waals surface area contributed by atoms with Gasteiger partial charge in [0.25, 0.3) is 0 Å². The van der Waals surface area contributed by atoms with E-state index in [0.29, 0.717) is 0 Å². The van der Waals surface area contributed by atoms with Crippen molar-refractivity contribution in [1.82, 2.24) is 0 Å². The SMILES string of the molecule is C=CC(=O)OC1(C2CCCO2)CCC1. The first-order chi connectivity index (χ1) is 6.77. The quantitative estimate of drug-likeness (QED) is 0.510. The van der Waals surface area contributed by atoms with E-state index in [0.717, 1.165) is 38.7 Å². The van der Waals surface area contributed by atoms with Crippen molar-refractivity contribution in [2.75, 3.05) is 6.61 Å². The van der Waals surface area contributed by atoms with E-state index in [1.807, 2.05) is 0 Å². The highest BCUT2D eigenvalue weighted by atomic mass is 16.6. The Morgan fingerprint density at radius 1 is 1.50 bits per heavy atom. The van der Waals surface area contributed by atoms with Gasteiger partial charge in [-0.1, -0.05) is 6.58 Å². The van der Waals surface area contributed by atoms with Crippen LogP contribution in [0.5, 0.6) is 0 Å². The second kappa shape index (κ2) is 3.73. The van der Waals surface area contributed by atoms with E-state index >= 15 is 0 Å². The number of rotatable bonds is 3. The lowest BCUT2D eigenvalue weighted by molar-refractivity contribution is -0.186. The molecular weight excluding hydrogens is 180 g/mol. The number of hydrogen-bond acceptors (Lipinski definition) is 3. The molecule has 0 aromatic heterocycles. The Morgan fingerprint density at radius 2 is 2.29 bits per heavy atom. The number of hydrogen-bond donors (Lipinski definition) is 0. The third kappa shape index (κ3) is 1.57. The Kier molecular flexibility index (Phi) is 2.59. The van der Waals surface area contributed by atoms with Gasteiger partial charge in [-0.3, -0.25) is 0 Å². The molecule has 78 valence electrons. The second-order valence-electron chi connectivity index (χ2n) is 4.05. The first-order valence-corrected chi connectivity index (χ1v) is 5.24. The Morgan fingerprint density at radius 3 is 2.71 bits per heavy atom. The fourth-order valence-corrected chi connectivity index (χ4v) is 2.25. The summed E-state index contributed by atoms with van der Waals surface area (Å²) in [6, 6.07) is 0. The van der Waals surface area contributed by atoms with Crippen molar-refractivity contribution in [1.29, 1.82) is 0 Å². The van der Waals surface area contributed by atoms with E-state index in [1.54, 1.807) is 0 Å². The molecule has 1 unspecified atom stereocenters. The van der Waals surface area contributed by atoms with Gasteiger partial charge in [-0.2, -0.15) is 0 Å². The van der Waals surface area contributed by atoms with E-state index in [9.17, 15) is 4.79 Å². The minimum Gasteiger partial charge on any atom is -0.453 e. The molecule has 2 aliphatic rings. The van der Waals surface area contributed by atoms with E-state index < -0.39 is 0 Å². The molecule has 1 saturated heterocycles. The lowest BCUT2D eigenvalue weighted by atomic mass is 9.75. The molecule has 3 heteroatoms. The molecule has 1 atom stereocenters. The van der Waals surface area contributed by atoms with Crippen LogP contribution in [0.2, 0.25) is 0 Å². The van der Waals surface area contributed by atoms with Gasteiger partial charge in [0.1, 0.15) is 5.60 Å². The lowest BCUT2D eigenvalue weighted by Crippen LogP contribution is -2.51. The van der Waals surface area contributed by atoms with Crippen LogP contribution in [-0.4, -0.2) is 24.3 Å². The minimum atomic E-state index is -0.319. The summed E-state index contributed by atoms with van der Waals surface area (Å²) < 4.78 is 11.0. The molecule has 2 rings (SSSR count). The van der Waals surface area contributed by atoms with Gasteiger partial charge in [-0.15, -0.1) is 0 Å². The summed E-state index contributed by atoms with van der Waals surface area (Å²) in [5, 5.41) is 0. The molecule has 1 aliphatic heterocycles. The van der Waals surface area contributed by atoms with E-state index in [1.165, 1.54) is 6.08 Å². The van der Waals surface area contributed by atoms with Crippen LogP contribution in [0.1, 0.15) is 32.1 Å². The van der Waals surface area contributed by atoms with Gasteiger partial charge >= 0.3 is 5.97 Å². The predicted octanol–water partition coefficient (Wildman–Crippen LogP) is 1.82. The maximum Gasteiger partial charge on any atom is 0.330 e. The number of carbonyl (C=O) groups is 1. The monoisotopic (exact) mass is 196 g/mol. The van der Waals surface area contributed by atoms with Crippen molar-refractivity contribution in [3.8, 4) is 0 Å². The summed E-state index contributed by atoms with van der Waals surface area (Å²) in [6.45, 7) is 4.22. The van der Waals surface area contributed by atoms with Gasteiger partial charge in [0, 0.05) is 12.7 Å². The van der Waals surface area contributed by atoms with Crippen LogP contribution in [0, 0.1) is 0 Å². The zero-order valence-corrected chi connectivity index (χ0v) is 8.33. The largest absolute Gasteiger partial charge is 0.453 e. The maximum absolute atomic E-state index is 11.2. The zero-order chi connectivity index (χ0) is 10.0. The number of ether oxygens (including phenoxy) is 2. The average molecular weight is 196 g/mol. The molecule has 0 bridgehead atoms. The first kappa shape index (κ1) is 9.71. The first-order valence-electron chi connectivity index (χ1n) is 5.24. The van der Waals surface area contributed by atoms with Crippen LogP contribution in [0.15, 0.2) is 12.7 Å². The summed E-state index contributed by atoms with van der Waals surface area (Å²) >= 11 is 0. The molecule has 1 heterocycles. The standard InChI is InChI=1S/C11H16O3/c1-2-10(12)14-11(6-4-7-11)9-5-3-8-13-9/h2,9H,1,3-8H2. The average Bonchev–Trinajstić information content (AvgIpc) is 2.63. The molecule has 0 spiro atoms. The van der Waals surface area contributed by atoms with E-state index in [2.05, 4.69) is 6.58 Å². The van der Waals surface area contributed by atoms with Gasteiger partial charge < -0.3 is 9.47 Å². The van der Waals surface area contributed by atoms with Crippen LogP contribution in [0.25, 0.3) is 0 Å². The van der Waals surface area contributed by atoms with Gasteiger partial charge in [0.2, 0.25) is 0 Å². The summed E-state index contributed by atoms with van der Waals surface area (Å²) in [4.78, 5) is 11.2. The molecule has 1 saturated carbocycles. The molecule has 0 aromatic rings. The fraction of sp³-hybridized carbons (Fsp3) is 0.727. The predicted molar refractivity (Wildman–Crippen MR) is 51.8 cm³/mol. The molecule has 0 aromatic carbocycles. The number of esters is 1. The van der Waals surface area contributed by atoms with E-state index in [4.69, 9.17) is 9.47 Å². The van der Waals surface area contributed by atoms with Crippen LogP contribution in [0.3, 0.4) is 0 Å². The highest BCUT2D eigenvalue weighted by molar-refractivity contribution is 5.81. The van der Waals surface area contributed by atoms with Crippen LogP contribution >= 0.6 is 0 Å². The Hall–Kier alpha value is -0.830. The maximum atomic E-state index is 11.2. The van der Waals surface area contributed by atoms with Crippen molar-refractivity contribution >= 4 is 5.97 Å². The van der Waals surface area contributed by atoms with Crippen molar-refractivity contribution in [2.45, 2.75) is 43.8 Å². The van der Waals surface area contributed by atoms with Crippen LogP contribution in [-0.2, 0) is 14.3 Å². The number of carbonyl (C=O) groups excluding carboxylic acids is 1. The van der Waals surface area contributed by atoms with Gasteiger partial charge in [-0.25, -0.2) is 4.79 Å². The fourth-order valence-electron chi connectivity index (χ4n) is 2.25. The molecular formula is C11H16O3. The highest BCUT2D eigenvalue weighted by Crippen LogP contribution is 2.43. The van der Waals surface area contributed by atoms with E-state index in [-0.39, 0.29) is 17.7 Å². The molecule has 0 radical (unpaired) electrons. The third-order valence-electron chi connectivity index (χ3n) is 3.19. The Labute approximate surface area is 84.1 Å². The summed E-state index contributed by atoms with van der Waals surface area (Å²) in [7, 11) is 0. The van der Waals surface area contributed by atoms with Gasteiger partial charge in [-0.05, 0) is 32.1 Å². The van der Waals surface area contributed by atoms with Crippen molar-refractivity contribution in [3.05, 3.63) is 12.7 Å². The summed E-state index contributed by atoms with van der Waals surface area (Å²) in [5.74, 6) is -0.319. The summed E-state index contributed by atoms with van der Waals surface area (Å²) in [5.41, 5.74) is -0.318. The molecule has 2 fully saturated rings.